The average molecular weight is 608 g/mol. The molecule has 0 N–H and O–H groups in total. The maximum absolute atomic E-state index is 6.87. The third-order valence-electron chi connectivity index (χ3n) is 9.07. The van der Waals surface area contributed by atoms with E-state index < -0.39 is 0 Å². The summed E-state index contributed by atoms with van der Waals surface area (Å²) in [5.74, 6) is 0. The van der Waals surface area contributed by atoms with Gasteiger partial charge < -0.3 is 13.7 Å². The summed E-state index contributed by atoms with van der Waals surface area (Å²) in [5, 5.41) is 6.84. The molecule has 4 heteroatoms. The molecule has 0 atom stereocenters. The quantitative estimate of drug-likeness (QED) is 0.199. The maximum Gasteiger partial charge on any atom is 0.160 e. The molecule has 0 bridgehead atoms. The molecule has 0 spiro atoms. The number of furan rings is 2. The fourth-order valence-electron chi connectivity index (χ4n) is 7.12. The molecular weight excluding hydrogens is 583 g/mol. The molecule has 216 valence electrons. The van der Waals surface area contributed by atoms with Crippen LogP contribution in [0.5, 0.6) is 0 Å². The molecule has 46 heavy (non-hydrogen) atoms. The van der Waals surface area contributed by atoms with E-state index in [1.54, 1.807) is 0 Å². The highest BCUT2D eigenvalue weighted by Crippen LogP contribution is 2.51. The Balaban J connectivity index is 1.38. The number of hydrogen-bond donors (Lipinski definition) is 0. The second kappa shape index (κ2) is 9.83. The molecule has 3 aromatic heterocycles. The summed E-state index contributed by atoms with van der Waals surface area (Å²) in [4.78, 5) is 2.39. The van der Waals surface area contributed by atoms with Crippen molar-refractivity contribution in [2.45, 2.75) is 0 Å². The standard InChI is InChI=1S/C42H25NO2S/c1-2-12-26(13-3-1)27-24-25-33(42-39(27)28-14-4-8-20-35(28)45-42)43(31-17-10-21-36-40(31)29-15-5-7-19-34(29)44-36)32-18-11-23-38-41(32)30-16-6-9-22-37(30)46-38/h1-25H. The molecular formula is C42H25NO2S. The van der Waals surface area contributed by atoms with Crippen LogP contribution in [0.1, 0.15) is 0 Å². The number of hydrogen-bond acceptors (Lipinski definition) is 4. The predicted molar refractivity (Wildman–Crippen MR) is 194 cm³/mol. The lowest BCUT2D eigenvalue weighted by atomic mass is 9.97. The molecule has 10 aromatic rings. The number of fused-ring (bicyclic) bond motifs is 9. The van der Waals surface area contributed by atoms with Crippen LogP contribution in [0.3, 0.4) is 0 Å². The molecule has 0 fully saturated rings. The lowest BCUT2D eigenvalue weighted by Gasteiger charge is -2.27. The van der Waals surface area contributed by atoms with Crippen molar-refractivity contribution in [1.82, 2.24) is 0 Å². The Morgan fingerprint density at radius 3 is 1.83 bits per heavy atom. The Kier molecular flexibility index (Phi) is 5.45. The summed E-state index contributed by atoms with van der Waals surface area (Å²) in [6.07, 6.45) is 0. The average Bonchev–Trinajstić information content (AvgIpc) is 3.81. The van der Waals surface area contributed by atoms with Crippen molar-refractivity contribution in [1.29, 1.82) is 0 Å². The van der Waals surface area contributed by atoms with Gasteiger partial charge in [-0.2, -0.15) is 0 Å². The molecule has 0 aliphatic carbocycles. The van der Waals surface area contributed by atoms with Crippen LogP contribution in [0.2, 0.25) is 0 Å². The number of anilines is 3. The van der Waals surface area contributed by atoms with E-state index in [2.05, 4.69) is 138 Å². The second-order valence-electron chi connectivity index (χ2n) is 11.6. The normalized spacial score (nSPS) is 11.9. The van der Waals surface area contributed by atoms with Crippen molar-refractivity contribution in [3.8, 4) is 11.1 Å². The fourth-order valence-corrected chi connectivity index (χ4v) is 8.25. The largest absolute Gasteiger partial charge is 0.456 e. The highest BCUT2D eigenvalue weighted by atomic mass is 32.1. The zero-order chi connectivity index (χ0) is 30.2. The first kappa shape index (κ1) is 25.5. The zero-order valence-corrected chi connectivity index (χ0v) is 25.4. The number of benzene rings is 7. The van der Waals surface area contributed by atoms with Gasteiger partial charge in [0.05, 0.1) is 22.4 Å². The highest BCUT2D eigenvalue weighted by molar-refractivity contribution is 7.26. The SMILES string of the molecule is c1ccc(-c2ccc(N(c3cccc4oc5ccccc5c34)c3cccc4sc5ccccc5c34)c3oc4ccccc4c23)cc1. The van der Waals surface area contributed by atoms with Crippen molar-refractivity contribution in [3.05, 3.63) is 152 Å². The third kappa shape index (κ3) is 3.65. The number of nitrogens with zero attached hydrogens (tertiary/aromatic N) is 1. The molecule has 3 nitrogen and oxygen atoms in total. The lowest BCUT2D eigenvalue weighted by Crippen LogP contribution is -2.11. The van der Waals surface area contributed by atoms with Gasteiger partial charge in [-0.15, -0.1) is 11.3 Å². The van der Waals surface area contributed by atoms with Crippen LogP contribution in [-0.2, 0) is 0 Å². The van der Waals surface area contributed by atoms with Crippen molar-refractivity contribution in [2.24, 2.45) is 0 Å². The van der Waals surface area contributed by atoms with Gasteiger partial charge in [0, 0.05) is 36.3 Å². The van der Waals surface area contributed by atoms with Gasteiger partial charge in [0.2, 0.25) is 0 Å². The molecule has 7 aromatic carbocycles. The van der Waals surface area contributed by atoms with Crippen molar-refractivity contribution >= 4 is 92.4 Å². The number of thiophene rings is 1. The Morgan fingerprint density at radius 2 is 1.00 bits per heavy atom. The molecule has 0 saturated carbocycles. The minimum atomic E-state index is 0.851. The molecule has 0 amide bonds. The van der Waals surface area contributed by atoms with Crippen LogP contribution in [0.15, 0.2) is 160 Å². The van der Waals surface area contributed by atoms with E-state index in [1.165, 1.54) is 20.2 Å². The molecule has 0 saturated heterocycles. The van der Waals surface area contributed by atoms with Crippen LogP contribution in [0.25, 0.3) is 75.2 Å². The fraction of sp³-hybridized carbons (Fsp3) is 0. The van der Waals surface area contributed by atoms with Gasteiger partial charge >= 0.3 is 0 Å². The van der Waals surface area contributed by atoms with Gasteiger partial charge in [-0.25, -0.2) is 0 Å². The van der Waals surface area contributed by atoms with Crippen LogP contribution >= 0.6 is 11.3 Å². The summed E-state index contributed by atoms with van der Waals surface area (Å²) < 4.78 is 15.8. The monoisotopic (exact) mass is 607 g/mol. The first-order valence-corrected chi connectivity index (χ1v) is 16.3. The predicted octanol–water partition coefficient (Wildman–Crippen LogP) is 13.0. The minimum absolute atomic E-state index is 0.851. The van der Waals surface area contributed by atoms with Crippen LogP contribution in [0, 0.1) is 0 Å². The number of para-hydroxylation sites is 2. The van der Waals surface area contributed by atoms with Gasteiger partial charge in [0.1, 0.15) is 16.7 Å². The van der Waals surface area contributed by atoms with E-state index in [0.29, 0.717) is 0 Å². The Hall–Kier alpha value is -5.84. The van der Waals surface area contributed by atoms with Crippen molar-refractivity contribution in [3.63, 3.8) is 0 Å². The molecule has 0 aliphatic rings. The van der Waals surface area contributed by atoms with Gasteiger partial charge in [-0.1, -0.05) is 103 Å². The zero-order valence-electron chi connectivity index (χ0n) is 24.6. The first-order chi connectivity index (χ1) is 22.8. The molecule has 10 rings (SSSR count). The molecule has 0 aliphatic heterocycles. The minimum Gasteiger partial charge on any atom is -0.456 e. The Labute approximate surface area is 268 Å². The van der Waals surface area contributed by atoms with Crippen LogP contribution in [-0.4, -0.2) is 0 Å². The van der Waals surface area contributed by atoms with Gasteiger partial charge in [-0.05, 0) is 59.7 Å². The summed E-state index contributed by atoms with van der Waals surface area (Å²) in [6, 6.07) is 53.4. The Bertz CT molecular complexity index is 2650. The Morgan fingerprint density at radius 1 is 0.391 bits per heavy atom. The van der Waals surface area contributed by atoms with Crippen LogP contribution < -0.4 is 4.90 Å². The summed E-state index contributed by atoms with van der Waals surface area (Å²) in [6.45, 7) is 0. The topological polar surface area (TPSA) is 29.5 Å². The summed E-state index contributed by atoms with van der Waals surface area (Å²) in [7, 11) is 0. The molecule has 0 unspecified atom stereocenters. The van der Waals surface area contributed by atoms with Crippen LogP contribution in [0.4, 0.5) is 17.1 Å². The van der Waals surface area contributed by atoms with Crippen molar-refractivity contribution in [2.75, 3.05) is 4.90 Å². The van der Waals surface area contributed by atoms with E-state index in [1.807, 2.05) is 29.5 Å². The third-order valence-corrected chi connectivity index (χ3v) is 10.2. The molecule has 0 radical (unpaired) electrons. The van der Waals surface area contributed by atoms with Gasteiger partial charge in [0.25, 0.3) is 0 Å². The molecule has 3 heterocycles. The lowest BCUT2D eigenvalue weighted by molar-refractivity contribution is 0.668. The van der Waals surface area contributed by atoms with E-state index in [-0.39, 0.29) is 0 Å². The first-order valence-electron chi connectivity index (χ1n) is 15.4. The van der Waals surface area contributed by atoms with Gasteiger partial charge in [-0.3, -0.25) is 0 Å². The van der Waals surface area contributed by atoms with E-state index >= 15 is 0 Å². The summed E-state index contributed by atoms with van der Waals surface area (Å²) in [5.41, 5.74) is 8.87. The van der Waals surface area contributed by atoms with E-state index in [9.17, 15) is 0 Å². The van der Waals surface area contributed by atoms with Crippen molar-refractivity contribution < 1.29 is 8.83 Å². The van der Waals surface area contributed by atoms with E-state index in [0.717, 1.165) is 72.1 Å². The second-order valence-corrected chi connectivity index (χ2v) is 12.7. The maximum atomic E-state index is 6.87. The van der Waals surface area contributed by atoms with E-state index in [4.69, 9.17) is 8.83 Å². The smallest absolute Gasteiger partial charge is 0.160 e. The van der Waals surface area contributed by atoms with Gasteiger partial charge in [0.15, 0.2) is 5.58 Å². The highest BCUT2D eigenvalue weighted by Gasteiger charge is 2.26. The number of rotatable bonds is 4. The summed E-state index contributed by atoms with van der Waals surface area (Å²) >= 11 is 1.83.